The van der Waals surface area contributed by atoms with Gasteiger partial charge in [0, 0.05) is 25.4 Å². The van der Waals surface area contributed by atoms with Crippen molar-refractivity contribution in [2.45, 2.75) is 13.0 Å². The molecule has 0 saturated carbocycles. The van der Waals surface area contributed by atoms with Gasteiger partial charge in [-0.3, -0.25) is 0 Å². The van der Waals surface area contributed by atoms with Gasteiger partial charge in [0.1, 0.15) is 6.29 Å². The van der Waals surface area contributed by atoms with E-state index >= 15 is 0 Å². The zero-order valence-electron chi connectivity index (χ0n) is 5.33. The molecular weight excluding hydrogens is 152 g/mol. The molecule has 0 N–H and O–H groups in total. The maximum Gasteiger partial charge on any atom is 0.202 e. The van der Waals surface area contributed by atoms with E-state index in [1.165, 1.54) is 0 Å². The van der Waals surface area contributed by atoms with Gasteiger partial charge in [-0.1, -0.05) is 0 Å². The van der Waals surface area contributed by atoms with Gasteiger partial charge in [-0.2, -0.15) is 0 Å². The zero-order chi connectivity index (χ0) is 7.40. The van der Waals surface area contributed by atoms with Crippen LogP contribution in [0.25, 0.3) is 0 Å². The SMILES string of the molecule is O=CCCn1ccnc1Cl. The molecule has 0 bridgehead atoms. The first-order valence-electron chi connectivity index (χ1n) is 2.95. The highest BCUT2D eigenvalue weighted by molar-refractivity contribution is 6.28. The molecule has 10 heavy (non-hydrogen) atoms. The third kappa shape index (κ3) is 1.57. The number of carbonyl (C=O) groups is 1. The summed E-state index contributed by atoms with van der Waals surface area (Å²) in [6.45, 7) is 0.613. The van der Waals surface area contributed by atoms with E-state index in [0.717, 1.165) is 6.29 Å². The number of nitrogens with zero attached hydrogens (tertiary/aromatic N) is 2. The molecule has 0 radical (unpaired) electrons. The molecule has 0 aliphatic heterocycles. The van der Waals surface area contributed by atoms with Crippen molar-refractivity contribution in [1.82, 2.24) is 9.55 Å². The lowest BCUT2D eigenvalue weighted by atomic mass is 10.5. The summed E-state index contributed by atoms with van der Waals surface area (Å²) >= 11 is 5.61. The molecule has 54 valence electrons. The highest BCUT2D eigenvalue weighted by atomic mass is 35.5. The van der Waals surface area contributed by atoms with E-state index in [2.05, 4.69) is 4.98 Å². The number of aryl methyl sites for hydroxylation is 1. The van der Waals surface area contributed by atoms with Crippen molar-refractivity contribution in [3.63, 3.8) is 0 Å². The van der Waals surface area contributed by atoms with Crippen LogP contribution in [0.2, 0.25) is 5.28 Å². The summed E-state index contributed by atoms with van der Waals surface area (Å²) in [4.78, 5) is 13.7. The van der Waals surface area contributed by atoms with Gasteiger partial charge in [0.25, 0.3) is 0 Å². The smallest absolute Gasteiger partial charge is 0.202 e. The Morgan fingerprint density at radius 1 is 1.80 bits per heavy atom. The minimum atomic E-state index is 0.432. The van der Waals surface area contributed by atoms with Crippen molar-refractivity contribution in [1.29, 1.82) is 0 Å². The van der Waals surface area contributed by atoms with Crippen LogP contribution in [0.5, 0.6) is 0 Å². The van der Waals surface area contributed by atoms with Crippen molar-refractivity contribution in [3.8, 4) is 0 Å². The Morgan fingerprint density at radius 3 is 3.10 bits per heavy atom. The second-order valence-corrected chi connectivity index (χ2v) is 2.18. The van der Waals surface area contributed by atoms with Gasteiger partial charge < -0.3 is 9.36 Å². The summed E-state index contributed by atoms with van der Waals surface area (Å²) in [5.41, 5.74) is 0. The Balaban J connectivity index is 2.56. The van der Waals surface area contributed by atoms with Crippen molar-refractivity contribution in [2.24, 2.45) is 0 Å². The van der Waals surface area contributed by atoms with Crippen LogP contribution in [0.4, 0.5) is 0 Å². The average molecular weight is 159 g/mol. The largest absolute Gasteiger partial charge is 0.321 e. The normalized spacial score (nSPS) is 9.70. The second-order valence-electron chi connectivity index (χ2n) is 1.85. The number of hydrogen-bond donors (Lipinski definition) is 0. The summed E-state index contributed by atoms with van der Waals surface area (Å²) in [5, 5.41) is 0.432. The van der Waals surface area contributed by atoms with Crippen molar-refractivity contribution in [3.05, 3.63) is 17.7 Å². The lowest BCUT2D eigenvalue weighted by molar-refractivity contribution is -0.108. The summed E-state index contributed by atoms with van der Waals surface area (Å²) in [5.74, 6) is 0. The Morgan fingerprint density at radius 2 is 2.60 bits per heavy atom. The lowest BCUT2D eigenvalue weighted by Crippen LogP contribution is -1.96. The number of carbonyl (C=O) groups excluding carboxylic acids is 1. The number of rotatable bonds is 3. The standard InChI is InChI=1S/C6H7ClN2O/c7-6-8-2-4-9(6)3-1-5-10/h2,4-5H,1,3H2. The van der Waals surface area contributed by atoms with Crippen LogP contribution in [0, 0.1) is 0 Å². The molecule has 0 aromatic carbocycles. The average Bonchev–Trinajstić information content (AvgIpc) is 2.31. The van der Waals surface area contributed by atoms with Gasteiger partial charge in [-0.25, -0.2) is 4.98 Å². The summed E-state index contributed by atoms with van der Waals surface area (Å²) in [6.07, 6.45) is 4.69. The lowest BCUT2D eigenvalue weighted by Gasteiger charge is -1.96. The molecule has 0 amide bonds. The minimum Gasteiger partial charge on any atom is -0.321 e. The Bertz CT molecular complexity index is 221. The molecule has 1 rings (SSSR count). The van der Waals surface area contributed by atoms with Crippen LogP contribution in [0.15, 0.2) is 12.4 Å². The molecule has 0 unspecified atom stereocenters. The van der Waals surface area contributed by atoms with Gasteiger partial charge in [0.15, 0.2) is 0 Å². The fourth-order valence-electron chi connectivity index (χ4n) is 0.670. The molecule has 0 fully saturated rings. The predicted molar refractivity (Wildman–Crippen MR) is 37.9 cm³/mol. The summed E-state index contributed by atoms with van der Waals surface area (Å²) in [7, 11) is 0. The van der Waals surface area contributed by atoms with Gasteiger partial charge in [-0.15, -0.1) is 0 Å². The number of hydrogen-bond acceptors (Lipinski definition) is 2. The number of halogens is 1. The summed E-state index contributed by atoms with van der Waals surface area (Å²) < 4.78 is 1.72. The van der Waals surface area contributed by atoms with Crippen molar-refractivity contribution in [2.75, 3.05) is 0 Å². The molecule has 0 aliphatic rings. The van der Waals surface area contributed by atoms with E-state index < -0.39 is 0 Å². The van der Waals surface area contributed by atoms with E-state index in [1.807, 2.05) is 0 Å². The highest BCUT2D eigenvalue weighted by Crippen LogP contribution is 2.04. The molecule has 0 spiro atoms. The second kappa shape index (κ2) is 3.37. The third-order valence-corrected chi connectivity index (χ3v) is 1.47. The first-order valence-corrected chi connectivity index (χ1v) is 3.32. The minimum absolute atomic E-state index is 0.432. The number of imidazole rings is 1. The van der Waals surface area contributed by atoms with E-state index in [4.69, 9.17) is 11.6 Å². The molecule has 3 nitrogen and oxygen atoms in total. The maximum atomic E-state index is 9.93. The Kier molecular flexibility index (Phi) is 2.45. The van der Waals surface area contributed by atoms with Crippen LogP contribution >= 0.6 is 11.6 Å². The van der Waals surface area contributed by atoms with Crippen LogP contribution in [-0.4, -0.2) is 15.8 Å². The molecule has 1 aromatic rings. The van der Waals surface area contributed by atoms with Crippen molar-refractivity contribution < 1.29 is 4.79 Å². The predicted octanol–water partition coefficient (Wildman–Crippen LogP) is 1.13. The molecule has 0 atom stereocenters. The quantitative estimate of drug-likeness (QED) is 0.618. The van der Waals surface area contributed by atoms with E-state index in [-0.39, 0.29) is 0 Å². The van der Waals surface area contributed by atoms with E-state index in [1.54, 1.807) is 17.0 Å². The van der Waals surface area contributed by atoms with Gasteiger partial charge >= 0.3 is 0 Å². The van der Waals surface area contributed by atoms with Crippen molar-refractivity contribution >= 4 is 17.9 Å². The molecule has 0 saturated heterocycles. The maximum absolute atomic E-state index is 9.93. The van der Waals surface area contributed by atoms with Crippen LogP contribution in [0.3, 0.4) is 0 Å². The van der Waals surface area contributed by atoms with E-state index in [0.29, 0.717) is 18.2 Å². The van der Waals surface area contributed by atoms with E-state index in [9.17, 15) is 4.79 Å². The third-order valence-electron chi connectivity index (χ3n) is 1.15. The molecule has 4 heteroatoms. The van der Waals surface area contributed by atoms with Crippen LogP contribution in [0.1, 0.15) is 6.42 Å². The van der Waals surface area contributed by atoms with Gasteiger partial charge in [0.05, 0.1) is 0 Å². The van der Waals surface area contributed by atoms with Gasteiger partial charge in [-0.05, 0) is 11.6 Å². The monoisotopic (exact) mass is 158 g/mol. The zero-order valence-corrected chi connectivity index (χ0v) is 6.08. The fraction of sp³-hybridized carbons (Fsp3) is 0.333. The molecule has 0 aliphatic carbocycles. The van der Waals surface area contributed by atoms with Crippen LogP contribution < -0.4 is 0 Å². The molecule has 1 heterocycles. The molecule has 1 aromatic heterocycles. The summed E-state index contributed by atoms with van der Waals surface area (Å²) in [6, 6.07) is 0. The topological polar surface area (TPSA) is 34.9 Å². The van der Waals surface area contributed by atoms with Gasteiger partial charge in [0.2, 0.25) is 5.28 Å². The molecular formula is C6H7ClN2O. The first-order chi connectivity index (χ1) is 4.84. The highest BCUT2D eigenvalue weighted by Gasteiger charge is 1.95. The fourth-order valence-corrected chi connectivity index (χ4v) is 0.867. The number of aldehydes is 1. The number of aromatic nitrogens is 2. The first kappa shape index (κ1) is 7.28. The Hall–Kier alpha value is -0.830. The van der Waals surface area contributed by atoms with Crippen LogP contribution in [-0.2, 0) is 11.3 Å². The Labute approximate surface area is 63.6 Å².